The summed E-state index contributed by atoms with van der Waals surface area (Å²) in [6.45, 7) is 8.71. The maximum atomic E-state index is 5.43. The zero-order chi connectivity index (χ0) is 14.5. The molecule has 1 fully saturated rings. The fraction of sp³-hybridized carbons (Fsp3) is 0.786. The molecule has 0 amide bonds. The molecule has 0 spiro atoms. The van der Waals surface area contributed by atoms with Crippen LogP contribution in [0.3, 0.4) is 0 Å². The van der Waals surface area contributed by atoms with Crippen LogP contribution in [-0.4, -0.2) is 41.7 Å². The molecule has 112 valence electrons. The molecule has 0 aliphatic heterocycles. The molecule has 1 aromatic rings. The Labute approximate surface area is 121 Å². The molecule has 6 nitrogen and oxygen atoms in total. The highest BCUT2D eigenvalue weighted by Gasteiger charge is 2.33. The predicted molar refractivity (Wildman–Crippen MR) is 80.3 cm³/mol. The monoisotopic (exact) mass is 279 g/mol. The van der Waals surface area contributed by atoms with Crippen LogP contribution in [0.2, 0.25) is 0 Å². The predicted octanol–water partition coefficient (Wildman–Crippen LogP) is 2.18. The number of nitrogens with one attached hydrogen (secondary N) is 1. The van der Waals surface area contributed by atoms with Gasteiger partial charge in [0.05, 0.1) is 6.61 Å². The number of aromatic nitrogens is 3. The summed E-state index contributed by atoms with van der Waals surface area (Å²) in [5.74, 6) is 2.86. The van der Waals surface area contributed by atoms with Gasteiger partial charge in [-0.3, -0.25) is 0 Å². The van der Waals surface area contributed by atoms with E-state index in [0.717, 1.165) is 31.3 Å². The first-order chi connectivity index (χ1) is 9.63. The molecule has 0 bridgehead atoms. The van der Waals surface area contributed by atoms with Gasteiger partial charge in [0.25, 0.3) is 0 Å². The molecule has 6 heteroatoms. The maximum Gasteiger partial charge on any atom is 0.323 e. The molecule has 0 saturated heterocycles. The van der Waals surface area contributed by atoms with Crippen LogP contribution in [0.15, 0.2) is 0 Å². The van der Waals surface area contributed by atoms with Crippen molar-refractivity contribution < 1.29 is 4.74 Å². The van der Waals surface area contributed by atoms with Crippen molar-refractivity contribution in [3.63, 3.8) is 0 Å². The summed E-state index contributed by atoms with van der Waals surface area (Å²) < 4.78 is 5.43. The van der Waals surface area contributed by atoms with Gasteiger partial charge in [-0.1, -0.05) is 13.8 Å². The van der Waals surface area contributed by atoms with Crippen LogP contribution in [-0.2, 0) is 0 Å². The number of hydrogen-bond acceptors (Lipinski definition) is 6. The molecule has 20 heavy (non-hydrogen) atoms. The van der Waals surface area contributed by atoms with Crippen LogP contribution in [0.4, 0.5) is 11.9 Å². The van der Waals surface area contributed by atoms with Crippen LogP contribution in [0, 0.1) is 11.8 Å². The van der Waals surface area contributed by atoms with Gasteiger partial charge in [0.1, 0.15) is 0 Å². The van der Waals surface area contributed by atoms with Crippen molar-refractivity contribution in [1.82, 2.24) is 15.0 Å². The maximum absolute atomic E-state index is 5.43. The van der Waals surface area contributed by atoms with E-state index in [1.807, 2.05) is 14.0 Å². The highest BCUT2D eigenvalue weighted by molar-refractivity contribution is 5.38. The second kappa shape index (κ2) is 6.72. The molecule has 0 radical (unpaired) electrons. The molecule has 0 aromatic carbocycles. The van der Waals surface area contributed by atoms with Crippen molar-refractivity contribution in [3.8, 4) is 6.01 Å². The second-order valence-electron chi connectivity index (χ2n) is 5.45. The summed E-state index contributed by atoms with van der Waals surface area (Å²) in [5.41, 5.74) is 0. The minimum absolute atomic E-state index is 0.395. The van der Waals surface area contributed by atoms with E-state index in [1.165, 1.54) is 6.42 Å². The lowest BCUT2D eigenvalue weighted by atomic mass is 10.3. The summed E-state index contributed by atoms with van der Waals surface area (Å²) in [4.78, 5) is 15.2. The molecular weight excluding hydrogens is 254 g/mol. The third kappa shape index (κ3) is 3.95. The first-order valence-electron chi connectivity index (χ1n) is 7.47. The highest BCUT2D eigenvalue weighted by Crippen LogP contribution is 2.38. The van der Waals surface area contributed by atoms with Crippen LogP contribution >= 0.6 is 0 Å². The van der Waals surface area contributed by atoms with Crippen LogP contribution in [0.5, 0.6) is 6.01 Å². The number of nitrogens with zero attached hydrogens (tertiary/aromatic N) is 4. The number of ether oxygens (including phenoxy) is 1. The number of anilines is 2. The van der Waals surface area contributed by atoms with Gasteiger partial charge >= 0.3 is 6.01 Å². The van der Waals surface area contributed by atoms with Gasteiger partial charge < -0.3 is 15.0 Å². The summed E-state index contributed by atoms with van der Waals surface area (Å²) in [6, 6.07) is 0.395. The zero-order valence-electron chi connectivity index (χ0n) is 12.9. The Morgan fingerprint density at radius 2 is 2.05 bits per heavy atom. The molecule has 1 aliphatic carbocycles. The second-order valence-corrected chi connectivity index (χ2v) is 5.45. The number of hydrogen-bond donors (Lipinski definition) is 1. The quantitative estimate of drug-likeness (QED) is 0.787. The van der Waals surface area contributed by atoms with E-state index in [4.69, 9.17) is 4.74 Å². The van der Waals surface area contributed by atoms with Gasteiger partial charge in [-0.15, -0.1) is 0 Å². The minimum Gasteiger partial charge on any atom is -0.464 e. The molecule has 1 aliphatic rings. The molecule has 1 N–H and O–H groups in total. The van der Waals surface area contributed by atoms with Crippen molar-refractivity contribution in [2.45, 2.75) is 33.6 Å². The van der Waals surface area contributed by atoms with Gasteiger partial charge in [-0.25, -0.2) is 0 Å². The third-order valence-corrected chi connectivity index (χ3v) is 3.54. The Hall–Kier alpha value is -1.59. The van der Waals surface area contributed by atoms with Gasteiger partial charge in [-0.05, 0) is 31.6 Å². The van der Waals surface area contributed by atoms with E-state index in [0.29, 0.717) is 24.5 Å². The molecule has 2 rings (SSSR count). The van der Waals surface area contributed by atoms with E-state index >= 15 is 0 Å². The van der Waals surface area contributed by atoms with Gasteiger partial charge in [-0.2, -0.15) is 15.0 Å². The average molecular weight is 279 g/mol. The Kier molecular flexibility index (Phi) is 4.98. The first kappa shape index (κ1) is 14.8. The molecule has 1 heterocycles. The minimum atomic E-state index is 0.395. The summed E-state index contributed by atoms with van der Waals surface area (Å²) in [5, 5.41) is 3.20. The third-order valence-electron chi connectivity index (χ3n) is 3.54. The average Bonchev–Trinajstić information content (AvgIpc) is 3.12. The first-order valence-corrected chi connectivity index (χ1v) is 7.47. The number of rotatable bonds is 8. The Bertz CT molecular complexity index is 440. The molecular formula is C14H25N5O. The normalized spacial score (nSPS) is 20.6. The SMILES string of the molecule is CCCNc1nc(OCC)nc(N(C)CC2CC2C)n1. The summed E-state index contributed by atoms with van der Waals surface area (Å²) in [6.07, 6.45) is 2.33. The molecule has 2 unspecified atom stereocenters. The van der Waals surface area contributed by atoms with Crippen LogP contribution in [0.1, 0.15) is 33.6 Å². The van der Waals surface area contributed by atoms with E-state index in [-0.39, 0.29) is 0 Å². The Morgan fingerprint density at radius 1 is 1.30 bits per heavy atom. The van der Waals surface area contributed by atoms with Crippen LogP contribution in [0.25, 0.3) is 0 Å². The lowest BCUT2D eigenvalue weighted by Crippen LogP contribution is -2.24. The van der Waals surface area contributed by atoms with E-state index in [1.54, 1.807) is 0 Å². The van der Waals surface area contributed by atoms with Gasteiger partial charge in [0, 0.05) is 20.1 Å². The van der Waals surface area contributed by atoms with Crippen molar-refractivity contribution in [2.24, 2.45) is 11.8 Å². The summed E-state index contributed by atoms with van der Waals surface area (Å²) in [7, 11) is 2.03. The summed E-state index contributed by atoms with van der Waals surface area (Å²) >= 11 is 0. The van der Waals surface area contributed by atoms with Gasteiger partial charge in [0.2, 0.25) is 11.9 Å². The van der Waals surface area contributed by atoms with Crippen LogP contribution < -0.4 is 15.0 Å². The van der Waals surface area contributed by atoms with Crippen molar-refractivity contribution in [1.29, 1.82) is 0 Å². The smallest absolute Gasteiger partial charge is 0.323 e. The fourth-order valence-corrected chi connectivity index (χ4v) is 2.11. The van der Waals surface area contributed by atoms with Crippen molar-refractivity contribution >= 4 is 11.9 Å². The Balaban J connectivity index is 2.09. The molecule has 1 aromatic heterocycles. The van der Waals surface area contributed by atoms with E-state index < -0.39 is 0 Å². The van der Waals surface area contributed by atoms with Crippen molar-refractivity contribution in [2.75, 3.05) is 37.0 Å². The lowest BCUT2D eigenvalue weighted by Gasteiger charge is -2.18. The largest absolute Gasteiger partial charge is 0.464 e. The topological polar surface area (TPSA) is 63.2 Å². The molecule has 2 atom stereocenters. The standard InChI is InChI=1S/C14H25N5O/c1-5-7-15-12-16-13(18-14(17-12)20-6-2)19(4)9-11-8-10(11)3/h10-11H,5-9H2,1-4H3,(H,15,16,17,18). The van der Waals surface area contributed by atoms with E-state index in [2.05, 4.69) is 39.0 Å². The zero-order valence-corrected chi connectivity index (χ0v) is 12.9. The van der Waals surface area contributed by atoms with Crippen molar-refractivity contribution in [3.05, 3.63) is 0 Å². The highest BCUT2D eigenvalue weighted by atomic mass is 16.5. The lowest BCUT2D eigenvalue weighted by molar-refractivity contribution is 0.312. The Morgan fingerprint density at radius 3 is 2.65 bits per heavy atom. The molecule has 1 saturated carbocycles. The van der Waals surface area contributed by atoms with Gasteiger partial charge in [0.15, 0.2) is 0 Å². The van der Waals surface area contributed by atoms with E-state index in [9.17, 15) is 0 Å². The fourth-order valence-electron chi connectivity index (χ4n) is 2.11.